The highest BCUT2D eigenvalue weighted by atomic mass is 16.5. The first-order chi connectivity index (χ1) is 22.0. The van der Waals surface area contributed by atoms with Crippen molar-refractivity contribution in [3.63, 3.8) is 0 Å². The lowest BCUT2D eigenvalue weighted by Gasteiger charge is -2.16. The number of ether oxygens (including phenoxy) is 2. The normalized spacial score (nSPS) is 12.7. The lowest BCUT2D eigenvalue weighted by atomic mass is 10.0. The number of nitrogens with two attached hydrogens (primary N) is 1. The van der Waals surface area contributed by atoms with Crippen LogP contribution >= 0.6 is 0 Å². The smallest absolute Gasteiger partial charge is 0.340 e. The number of amides is 1. The number of pyridine rings is 1. The number of carbonyl (C=O) groups is 3. The second kappa shape index (κ2) is 19.5. The number of esters is 2. The van der Waals surface area contributed by atoms with E-state index in [0.717, 1.165) is 62.4 Å². The predicted molar refractivity (Wildman–Crippen MR) is 178 cm³/mol. The van der Waals surface area contributed by atoms with E-state index in [-0.39, 0.29) is 65.2 Å². The van der Waals surface area contributed by atoms with Gasteiger partial charge < -0.3 is 20.3 Å². The second-order valence-corrected chi connectivity index (χ2v) is 11.8. The summed E-state index contributed by atoms with van der Waals surface area (Å²) in [5.74, 6) is -2.23. The molecule has 0 aliphatic carbocycles. The number of primary amides is 1. The SMILES string of the molecule is CCCCC(CC)COC(=O)c1ccc(C(=O)OCC(CC)CCCC)c(N=Nc2c(C)c(C(N)=O)c(O)n(CCCC)c2=O)c1. The number of hydrogen-bond acceptors (Lipinski definition) is 9. The Labute approximate surface area is 272 Å². The van der Waals surface area contributed by atoms with Crippen LogP contribution in [-0.4, -0.2) is 40.7 Å². The van der Waals surface area contributed by atoms with Crippen molar-refractivity contribution in [1.82, 2.24) is 4.57 Å². The van der Waals surface area contributed by atoms with Crippen molar-refractivity contribution >= 4 is 29.2 Å². The first-order valence-electron chi connectivity index (χ1n) is 16.7. The topological polar surface area (TPSA) is 163 Å². The van der Waals surface area contributed by atoms with Gasteiger partial charge in [-0.15, -0.1) is 10.2 Å². The Morgan fingerprint density at radius 2 is 1.43 bits per heavy atom. The highest BCUT2D eigenvalue weighted by molar-refractivity contribution is 5.99. The van der Waals surface area contributed by atoms with E-state index in [0.29, 0.717) is 6.42 Å². The fourth-order valence-corrected chi connectivity index (χ4v) is 5.10. The summed E-state index contributed by atoms with van der Waals surface area (Å²) in [5.41, 5.74) is 4.66. The first kappa shape index (κ1) is 38.2. The van der Waals surface area contributed by atoms with Crippen LogP contribution in [0.2, 0.25) is 0 Å². The van der Waals surface area contributed by atoms with Crippen molar-refractivity contribution in [3.05, 3.63) is 50.8 Å². The maximum absolute atomic E-state index is 13.4. The fourth-order valence-electron chi connectivity index (χ4n) is 5.10. The van der Waals surface area contributed by atoms with Gasteiger partial charge in [-0.3, -0.25) is 14.2 Å². The van der Waals surface area contributed by atoms with Gasteiger partial charge in [-0.2, -0.15) is 0 Å². The van der Waals surface area contributed by atoms with Crippen LogP contribution in [-0.2, 0) is 16.0 Å². The molecule has 11 heteroatoms. The zero-order valence-corrected chi connectivity index (χ0v) is 28.4. The molecule has 1 heterocycles. The summed E-state index contributed by atoms with van der Waals surface area (Å²) in [5, 5.41) is 19.1. The van der Waals surface area contributed by atoms with Gasteiger partial charge >= 0.3 is 11.9 Å². The predicted octanol–water partition coefficient (Wildman–Crippen LogP) is 7.92. The maximum atomic E-state index is 13.4. The van der Waals surface area contributed by atoms with Crippen molar-refractivity contribution in [2.24, 2.45) is 27.8 Å². The number of rotatable bonds is 20. The molecular formula is C35H52N4O7. The van der Waals surface area contributed by atoms with E-state index in [1.54, 1.807) is 0 Å². The van der Waals surface area contributed by atoms with Gasteiger partial charge in [0.1, 0.15) is 11.3 Å². The summed E-state index contributed by atoms with van der Waals surface area (Å²) in [7, 11) is 0. The zero-order chi connectivity index (χ0) is 34.2. The van der Waals surface area contributed by atoms with Crippen LogP contribution in [0.15, 0.2) is 33.2 Å². The number of carbonyl (C=O) groups excluding carboxylic acids is 3. The number of azo groups is 1. The van der Waals surface area contributed by atoms with Crippen molar-refractivity contribution < 1.29 is 29.0 Å². The van der Waals surface area contributed by atoms with E-state index < -0.39 is 29.3 Å². The second-order valence-electron chi connectivity index (χ2n) is 11.8. The molecule has 1 amide bonds. The minimum atomic E-state index is -0.927. The molecule has 0 bridgehead atoms. The number of aromatic nitrogens is 1. The van der Waals surface area contributed by atoms with Crippen LogP contribution in [0, 0.1) is 18.8 Å². The minimum Gasteiger partial charge on any atom is -0.494 e. The van der Waals surface area contributed by atoms with Crippen LogP contribution in [0.3, 0.4) is 0 Å². The monoisotopic (exact) mass is 640 g/mol. The Morgan fingerprint density at radius 1 is 0.870 bits per heavy atom. The van der Waals surface area contributed by atoms with E-state index >= 15 is 0 Å². The minimum absolute atomic E-state index is 0.00770. The first-order valence-corrected chi connectivity index (χ1v) is 16.7. The van der Waals surface area contributed by atoms with Gasteiger partial charge in [0.05, 0.1) is 24.3 Å². The molecule has 2 atom stereocenters. The van der Waals surface area contributed by atoms with Crippen LogP contribution in [0.4, 0.5) is 11.4 Å². The summed E-state index contributed by atoms with van der Waals surface area (Å²) in [4.78, 5) is 52.0. The molecule has 2 unspecified atom stereocenters. The molecule has 11 nitrogen and oxygen atoms in total. The van der Waals surface area contributed by atoms with E-state index in [2.05, 4.69) is 31.0 Å². The highest BCUT2D eigenvalue weighted by Crippen LogP contribution is 2.30. The van der Waals surface area contributed by atoms with E-state index in [9.17, 15) is 24.3 Å². The van der Waals surface area contributed by atoms with Crippen molar-refractivity contribution in [1.29, 1.82) is 0 Å². The summed E-state index contributed by atoms with van der Waals surface area (Å²) in [6.07, 6.45) is 9.07. The number of nitrogens with zero attached hydrogens (tertiary/aromatic N) is 3. The van der Waals surface area contributed by atoms with Crippen LogP contribution in [0.1, 0.15) is 135 Å². The maximum Gasteiger partial charge on any atom is 0.340 e. The number of hydrogen-bond donors (Lipinski definition) is 2. The summed E-state index contributed by atoms with van der Waals surface area (Å²) < 4.78 is 12.3. The molecule has 0 aliphatic rings. The van der Waals surface area contributed by atoms with Crippen molar-refractivity contribution in [2.75, 3.05) is 13.2 Å². The Morgan fingerprint density at radius 3 is 1.96 bits per heavy atom. The molecule has 1 aromatic heterocycles. The molecule has 2 aromatic rings. The molecule has 0 saturated heterocycles. The van der Waals surface area contributed by atoms with Crippen molar-refractivity contribution in [2.45, 2.75) is 112 Å². The Hall–Kier alpha value is -4.02. The third-order valence-electron chi connectivity index (χ3n) is 8.34. The summed E-state index contributed by atoms with van der Waals surface area (Å²) in [6.45, 7) is 12.3. The lowest BCUT2D eigenvalue weighted by molar-refractivity contribution is 0.0415. The van der Waals surface area contributed by atoms with E-state index in [1.807, 2.05) is 13.8 Å². The molecule has 0 fully saturated rings. The lowest BCUT2D eigenvalue weighted by Crippen LogP contribution is -2.25. The third kappa shape index (κ3) is 10.5. The molecule has 46 heavy (non-hydrogen) atoms. The van der Waals surface area contributed by atoms with Crippen LogP contribution in [0.5, 0.6) is 5.88 Å². The summed E-state index contributed by atoms with van der Waals surface area (Å²) >= 11 is 0. The molecule has 3 N–H and O–H groups in total. The average molecular weight is 641 g/mol. The average Bonchev–Trinajstić information content (AvgIpc) is 3.04. The summed E-state index contributed by atoms with van der Waals surface area (Å²) in [6, 6.07) is 4.30. The van der Waals surface area contributed by atoms with Crippen LogP contribution < -0.4 is 11.3 Å². The van der Waals surface area contributed by atoms with Crippen LogP contribution in [0.25, 0.3) is 0 Å². The number of aromatic hydroxyl groups is 1. The van der Waals surface area contributed by atoms with Gasteiger partial charge in [-0.25, -0.2) is 9.59 Å². The molecule has 0 aliphatic heterocycles. The van der Waals surface area contributed by atoms with E-state index in [1.165, 1.54) is 25.1 Å². The Kier molecular flexibility index (Phi) is 16.2. The molecule has 0 spiro atoms. The largest absolute Gasteiger partial charge is 0.494 e. The van der Waals surface area contributed by atoms with Crippen molar-refractivity contribution in [3.8, 4) is 5.88 Å². The van der Waals surface area contributed by atoms with Gasteiger partial charge in [0.25, 0.3) is 11.5 Å². The number of unbranched alkanes of at least 4 members (excludes halogenated alkanes) is 3. The molecule has 1 aromatic carbocycles. The molecule has 2 rings (SSSR count). The number of benzene rings is 1. The van der Waals surface area contributed by atoms with Gasteiger partial charge in [-0.1, -0.05) is 79.6 Å². The molecule has 0 saturated carbocycles. The zero-order valence-electron chi connectivity index (χ0n) is 28.4. The van der Waals surface area contributed by atoms with Gasteiger partial charge in [0, 0.05) is 12.1 Å². The Bertz CT molecular complexity index is 1420. The third-order valence-corrected chi connectivity index (χ3v) is 8.34. The quantitative estimate of drug-likeness (QED) is 0.110. The molecular weight excluding hydrogens is 588 g/mol. The fraction of sp³-hybridized carbons (Fsp3) is 0.600. The van der Waals surface area contributed by atoms with Gasteiger partial charge in [0.15, 0.2) is 5.69 Å². The Balaban J connectivity index is 2.57. The molecule has 254 valence electrons. The van der Waals surface area contributed by atoms with Gasteiger partial charge in [0.2, 0.25) is 5.88 Å². The van der Waals surface area contributed by atoms with E-state index in [4.69, 9.17) is 15.2 Å². The molecule has 0 radical (unpaired) electrons. The highest BCUT2D eigenvalue weighted by Gasteiger charge is 2.24. The van der Waals surface area contributed by atoms with Gasteiger partial charge in [-0.05, 0) is 56.2 Å². The standard InChI is InChI=1S/C35H52N4O7/c1-7-12-15-24(10-4)21-45-34(43)26-17-18-27(35(44)46-22-25(11-5)16-13-8-2)28(20-26)37-38-30-23(6)29(31(36)40)32(41)39(33(30)42)19-14-9-3/h17-18,20,24-25,41H,7-16,19,21-22H2,1-6H3,(H2,36,40).